The quantitative estimate of drug-likeness (QED) is 0.745. The summed E-state index contributed by atoms with van der Waals surface area (Å²) in [6, 6.07) is 2.78. The summed E-state index contributed by atoms with van der Waals surface area (Å²) in [5.74, 6) is -1.08. The number of aromatic nitrogens is 1. The van der Waals surface area contributed by atoms with Gasteiger partial charge in [-0.3, -0.25) is 0 Å². The average molecular weight is 279 g/mol. The molecule has 1 fully saturated rings. The Morgan fingerprint density at radius 2 is 2.25 bits per heavy atom. The molecule has 1 aliphatic rings. The summed E-state index contributed by atoms with van der Waals surface area (Å²) in [6.07, 6.45) is 2.49. The molecule has 0 spiro atoms. The van der Waals surface area contributed by atoms with Crippen molar-refractivity contribution in [2.45, 2.75) is 25.5 Å². The summed E-state index contributed by atoms with van der Waals surface area (Å²) >= 11 is 0. The zero-order valence-electron chi connectivity index (χ0n) is 11.0. The predicted molar refractivity (Wildman–Crippen MR) is 70.2 cm³/mol. The van der Waals surface area contributed by atoms with Crippen molar-refractivity contribution in [1.29, 1.82) is 0 Å². The first kappa shape index (κ1) is 14.3. The number of nitrogens with one attached hydrogen (secondary N) is 1. The van der Waals surface area contributed by atoms with Gasteiger partial charge in [0.2, 0.25) is 0 Å². The van der Waals surface area contributed by atoms with Gasteiger partial charge in [-0.2, -0.15) is 0 Å². The fourth-order valence-electron chi connectivity index (χ4n) is 2.08. The Hall–Kier alpha value is -2.15. The number of aromatic carboxylic acids is 1. The Kier molecular flexibility index (Phi) is 4.52. The Morgan fingerprint density at radius 1 is 1.45 bits per heavy atom. The van der Waals surface area contributed by atoms with Crippen LogP contribution >= 0.6 is 0 Å². The van der Waals surface area contributed by atoms with Crippen LogP contribution in [0.25, 0.3) is 0 Å². The van der Waals surface area contributed by atoms with Crippen molar-refractivity contribution in [3.63, 3.8) is 0 Å². The van der Waals surface area contributed by atoms with Crippen LogP contribution in [0.4, 0.5) is 4.79 Å². The van der Waals surface area contributed by atoms with Crippen molar-refractivity contribution in [1.82, 2.24) is 15.2 Å². The number of carboxylic acids is 1. The molecular formula is C13H17N3O4. The maximum Gasteiger partial charge on any atom is 0.354 e. The number of amides is 2. The van der Waals surface area contributed by atoms with E-state index in [0.29, 0.717) is 13.1 Å². The zero-order valence-corrected chi connectivity index (χ0v) is 11.0. The minimum absolute atomic E-state index is 0.0285. The summed E-state index contributed by atoms with van der Waals surface area (Å²) in [4.78, 5) is 27.9. The summed E-state index contributed by atoms with van der Waals surface area (Å²) in [6.45, 7) is 1.26. The number of nitrogens with zero attached hydrogens (tertiary/aromatic N) is 2. The van der Waals surface area contributed by atoms with Crippen LogP contribution in [-0.2, 0) is 6.54 Å². The average Bonchev–Trinajstić information content (AvgIpc) is 2.45. The molecule has 108 valence electrons. The Labute approximate surface area is 116 Å². The van der Waals surface area contributed by atoms with Crippen LogP contribution in [0.5, 0.6) is 0 Å². The number of hydrogen-bond acceptors (Lipinski definition) is 4. The van der Waals surface area contributed by atoms with Crippen molar-refractivity contribution in [3.05, 3.63) is 29.6 Å². The van der Waals surface area contributed by atoms with Gasteiger partial charge in [-0.25, -0.2) is 14.6 Å². The molecule has 0 bridgehead atoms. The van der Waals surface area contributed by atoms with Gasteiger partial charge in [-0.05, 0) is 24.5 Å². The predicted octanol–water partition coefficient (Wildman–Crippen LogP) is 0.446. The summed E-state index contributed by atoms with van der Waals surface area (Å²) in [5, 5.41) is 21.0. The van der Waals surface area contributed by atoms with E-state index in [1.807, 2.05) is 0 Å². The zero-order chi connectivity index (χ0) is 14.5. The molecule has 0 aliphatic carbocycles. The molecule has 0 saturated carbocycles. The first-order chi connectivity index (χ1) is 9.56. The molecule has 7 heteroatoms. The highest BCUT2D eigenvalue weighted by molar-refractivity contribution is 5.85. The lowest BCUT2D eigenvalue weighted by Gasteiger charge is -2.30. The summed E-state index contributed by atoms with van der Waals surface area (Å²) in [5.41, 5.74) is 0.695. The first-order valence-corrected chi connectivity index (χ1v) is 6.45. The number of hydrogen-bond donors (Lipinski definition) is 3. The van der Waals surface area contributed by atoms with Crippen molar-refractivity contribution in [2.24, 2.45) is 0 Å². The van der Waals surface area contributed by atoms with Gasteiger partial charge < -0.3 is 20.4 Å². The fourth-order valence-corrected chi connectivity index (χ4v) is 2.08. The Balaban J connectivity index is 1.85. The third-order valence-electron chi connectivity index (χ3n) is 3.17. The van der Waals surface area contributed by atoms with Crippen LogP contribution < -0.4 is 5.32 Å². The van der Waals surface area contributed by atoms with E-state index in [2.05, 4.69) is 10.3 Å². The maximum absolute atomic E-state index is 11.9. The minimum Gasteiger partial charge on any atom is -0.477 e. The van der Waals surface area contributed by atoms with E-state index in [9.17, 15) is 14.7 Å². The molecule has 1 unspecified atom stereocenters. The Bertz CT molecular complexity index is 489. The van der Waals surface area contributed by atoms with Crippen LogP contribution in [0.1, 0.15) is 28.9 Å². The molecule has 0 aromatic carbocycles. The molecule has 20 heavy (non-hydrogen) atoms. The van der Waals surface area contributed by atoms with Crippen LogP contribution in [-0.4, -0.2) is 51.3 Å². The van der Waals surface area contributed by atoms with Gasteiger partial charge in [0.05, 0.1) is 6.10 Å². The van der Waals surface area contributed by atoms with Crippen LogP contribution in [0.3, 0.4) is 0 Å². The molecule has 1 aromatic rings. The first-order valence-electron chi connectivity index (χ1n) is 6.45. The molecule has 1 atom stereocenters. The standard InChI is InChI=1S/C13H17N3O4/c17-10-2-1-5-16(8-10)13(20)15-7-9-3-4-11(12(18)19)14-6-9/h3-4,6,10,17H,1-2,5,7-8H2,(H,15,20)(H,18,19). The minimum atomic E-state index is -1.08. The summed E-state index contributed by atoms with van der Waals surface area (Å²) < 4.78 is 0. The molecule has 2 rings (SSSR count). The number of pyridine rings is 1. The number of aliphatic hydroxyl groups excluding tert-OH is 1. The topological polar surface area (TPSA) is 103 Å². The van der Waals surface area contributed by atoms with Gasteiger partial charge in [0.1, 0.15) is 5.69 Å². The highest BCUT2D eigenvalue weighted by Gasteiger charge is 2.21. The number of β-amino-alcohol motifs (C(OH)–C–C–N with tert-alkyl or cyclic N) is 1. The number of urea groups is 1. The molecule has 1 aromatic heterocycles. The lowest BCUT2D eigenvalue weighted by Crippen LogP contribution is -2.46. The molecular weight excluding hydrogens is 262 g/mol. The number of carboxylic acid groups (broad SMARTS) is 1. The highest BCUT2D eigenvalue weighted by Crippen LogP contribution is 2.10. The van der Waals surface area contributed by atoms with E-state index >= 15 is 0 Å². The SMILES string of the molecule is O=C(O)c1ccc(CNC(=O)N2CCCC(O)C2)cn1. The molecule has 2 amide bonds. The van der Waals surface area contributed by atoms with E-state index in [0.717, 1.165) is 18.4 Å². The second-order valence-corrected chi connectivity index (χ2v) is 4.76. The van der Waals surface area contributed by atoms with E-state index in [4.69, 9.17) is 5.11 Å². The lowest BCUT2D eigenvalue weighted by molar-refractivity contribution is 0.0690. The lowest BCUT2D eigenvalue weighted by atomic mass is 10.1. The van der Waals surface area contributed by atoms with Crippen molar-refractivity contribution >= 4 is 12.0 Å². The second kappa shape index (κ2) is 6.33. The maximum atomic E-state index is 11.9. The molecule has 2 heterocycles. The van der Waals surface area contributed by atoms with Gasteiger partial charge in [0, 0.05) is 25.8 Å². The number of carbonyl (C=O) groups is 2. The van der Waals surface area contributed by atoms with Gasteiger partial charge >= 0.3 is 12.0 Å². The molecule has 3 N–H and O–H groups in total. The smallest absolute Gasteiger partial charge is 0.354 e. The van der Waals surface area contributed by atoms with Crippen molar-refractivity contribution < 1.29 is 19.8 Å². The number of rotatable bonds is 3. The summed E-state index contributed by atoms with van der Waals surface area (Å²) in [7, 11) is 0. The van der Waals surface area contributed by atoms with Crippen LogP contribution in [0.2, 0.25) is 0 Å². The van der Waals surface area contributed by atoms with Crippen LogP contribution in [0.15, 0.2) is 18.3 Å². The molecule has 1 saturated heterocycles. The molecule has 7 nitrogen and oxygen atoms in total. The normalized spacial score (nSPS) is 18.6. The number of aliphatic hydroxyl groups is 1. The molecule has 1 aliphatic heterocycles. The Morgan fingerprint density at radius 3 is 2.85 bits per heavy atom. The second-order valence-electron chi connectivity index (χ2n) is 4.76. The van der Waals surface area contributed by atoms with Crippen molar-refractivity contribution in [3.8, 4) is 0 Å². The van der Waals surface area contributed by atoms with Crippen molar-refractivity contribution in [2.75, 3.05) is 13.1 Å². The number of likely N-dealkylation sites (tertiary alicyclic amines) is 1. The number of piperidine rings is 1. The van der Waals surface area contributed by atoms with Crippen LogP contribution in [0, 0.1) is 0 Å². The monoisotopic (exact) mass is 279 g/mol. The van der Waals surface area contributed by atoms with Gasteiger partial charge in [0.25, 0.3) is 0 Å². The van der Waals surface area contributed by atoms with E-state index in [1.54, 1.807) is 11.0 Å². The third-order valence-corrected chi connectivity index (χ3v) is 3.17. The van der Waals surface area contributed by atoms with Gasteiger partial charge in [-0.1, -0.05) is 6.07 Å². The van der Waals surface area contributed by atoms with Gasteiger partial charge in [0.15, 0.2) is 0 Å². The van der Waals surface area contributed by atoms with E-state index in [1.165, 1.54) is 12.3 Å². The third kappa shape index (κ3) is 3.67. The molecule has 0 radical (unpaired) electrons. The van der Waals surface area contributed by atoms with E-state index in [-0.39, 0.29) is 18.3 Å². The van der Waals surface area contributed by atoms with E-state index < -0.39 is 12.1 Å². The number of carbonyl (C=O) groups excluding carboxylic acids is 1. The fraction of sp³-hybridized carbons (Fsp3) is 0.462. The largest absolute Gasteiger partial charge is 0.477 e. The highest BCUT2D eigenvalue weighted by atomic mass is 16.4. The van der Waals surface area contributed by atoms with Gasteiger partial charge in [-0.15, -0.1) is 0 Å².